The molecule has 0 spiro atoms. The lowest BCUT2D eigenvalue weighted by Crippen LogP contribution is -2.58. The first kappa shape index (κ1) is 12.8. The lowest BCUT2D eigenvalue weighted by atomic mass is 10.1. The summed E-state index contributed by atoms with van der Waals surface area (Å²) in [5, 5.41) is 3.16. The van der Waals surface area contributed by atoms with E-state index in [2.05, 4.69) is 10.2 Å². The lowest BCUT2D eigenvalue weighted by molar-refractivity contribution is -0.136. The Kier molecular flexibility index (Phi) is 4.40. The van der Waals surface area contributed by atoms with Crippen molar-refractivity contribution >= 4 is 0 Å². The Morgan fingerprint density at radius 3 is 2.40 bits per heavy atom. The van der Waals surface area contributed by atoms with Crippen LogP contribution in [-0.4, -0.2) is 43.3 Å². The highest BCUT2D eigenvalue weighted by Crippen LogP contribution is 2.23. The van der Waals surface area contributed by atoms with Crippen molar-refractivity contribution in [1.82, 2.24) is 10.2 Å². The fraction of sp³-hybridized carbons (Fsp3) is 1.00. The van der Waals surface area contributed by atoms with Crippen molar-refractivity contribution in [2.24, 2.45) is 0 Å². The van der Waals surface area contributed by atoms with Crippen molar-refractivity contribution in [2.45, 2.75) is 44.4 Å². The van der Waals surface area contributed by atoms with Crippen molar-refractivity contribution in [3.63, 3.8) is 0 Å². The summed E-state index contributed by atoms with van der Waals surface area (Å²) in [4.78, 5) is 2.17. The molecule has 1 atom stereocenters. The van der Waals surface area contributed by atoms with Crippen LogP contribution in [0.3, 0.4) is 0 Å². The quantitative estimate of drug-likeness (QED) is 0.768. The molecule has 1 aliphatic rings. The lowest BCUT2D eigenvalue weighted by Gasteiger charge is -2.39. The molecule has 1 heterocycles. The summed E-state index contributed by atoms with van der Waals surface area (Å²) in [5.74, 6) is 0. The van der Waals surface area contributed by atoms with Gasteiger partial charge in [0.25, 0.3) is 0 Å². The second-order valence-corrected chi connectivity index (χ2v) is 4.33. The highest BCUT2D eigenvalue weighted by Gasteiger charge is 2.28. The minimum absolute atomic E-state index is 0.231. The number of rotatable bonds is 5. The maximum absolute atomic E-state index is 11.9. The van der Waals surface area contributed by atoms with Crippen molar-refractivity contribution < 1.29 is 13.2 Å². The van der Waals surface area contributed by atoms with E-state index >= 15 is 0 Å². The molecule has 5 heteroatoms. The third-order valence-electron chi connectivity index (χ3n) is 3.11. The van der Waals surface area contributed by atoms with E-state index in [4.69, 9.17) is 0 Å². The highest BCUT2D eigenvalue weighted by molar-refractivity contribution is 4.85. The molecule has 1 unspecified atom stereocenters. The topological polar surface area (TPSA) is 15.3 Å². The minimum Gasteiger partial charge on any atom is -0.314 e. The first-order valence-corrected chi connectivity index (χ1v) is 5.39. The van der Waals surface area contributed by atoms with E-state index in [0.717, 1.165) is 13.1 Å². The molecular weight excluding hydrogens is 205 g/mol. The van der Waals surface area contributed by atoms with Crippen LogP contribution in [0.4, 0.5) is 13.2 Å². The van der Waals surface area contributed by atoms with Crippen molar-refractivity contribution in [2.75, 3.05) is 20.1 Å². The van der Waals surface area contributed by atoms with Gasteiger partial charge in [0.15, 0.2) is 0 Å². The molecular formula is C10H19F3N2. The van der Waals surface area contributed by atoms with Crippen LogP contribution in [0, 0.1) is 0 Å². The summed E-state index contributed by atoms with van der Waals surface area (Å²) >= 11 is 0. The van der Waals surface area contributed by atoms with E-state index in [1.807, 2.05) is 14.0 Å². The van der Waals surface area contributed by atoms with Gasteiger partial charge in [0.2, 0.25) is 0 Å². The summed E-state index contributed by atoms with van der Waals surface area (Å²) in [7, 11) is 1.99. The van der Waals surface area contributed by atoms with E-state index in [0.29, 0.717) is 12.5 Å². The number of nitrogens with one attached hydrogen (secondary N) is 1. The standard InChI is InChI=1S/C10H19F3N2/c1-8(4-3-5-10(11,12)13)15(2)9-6-14-7-9/h8-9,14H,3-7H2,1-2H3. The predicted molar refractivity (Wildman–Crippen MR) is 53.8 cm³/mol. The zero-order valence-electron chi connectivity index (χ0n) is 9.27. The molecule has 0 aromatic heterocycles. The van der Waals surface area contributed by atoms with Crippen molar-refractivity contribution in [3.8, 4) is 0 Å². The number of nitrogens with zero attached hydrogens (tertiary/aromatic N) is 1. The molecule has 0 aromatic carbocycles. The summed E-state index contributed by atoms with van der Waals surface area (Å²) < 4.78 is 35.8. The normalized spacial score (nSPS) is 20.4. The van der Waals surface area contributed by atoms with E-state index in [-0.39, 0.29) is 12.5 Å². The highest BCUT2D eigenvalue weighted by atomic mass is 19.4. The molecule has 1 rings (SSSR count). The molecule has 1 aliphatic heterocycles. The summed E-state index contributed by atoms with van der Waals surface area (Å²) in [6.45, 7) is 3.91. The summed E-state index contributed by atoms with van der Waals surface area (Å²) in [5.41, 5.74) is 0. The van der Waals surface area contributed by atoms with Crippen LogP contribution < -0.4 is 5.32 Å². The number of alkyl halides is 3. The van der Waals surface area contributed by atoms with Gasteiger partial charge in [-0.2, -0.15) is 13.2 Å². The molecule has 0 radical (unpaired) electrons. The minimum atomic E-state index is -4.00. The molecule has 0 aliphatic carbocycles. The molecule has 0 saturated carbocycles. The molecule has 1 saturated heterocycles. The van der Waals surface area contributed by atoms with Gasteiger partial charge >= 0.3 is 6.18 Å². The zero-order valence-corrected chi connectivity index (χ0v) is 9.27. The van der Waals surface area contributed by atoms with Crippen molar-refractivity contribution in [3.05, 3.63) is 0 Å². The van der Waals surface area contributed by atoms with Gasteiger partial charge in [-0.3, -0.25) is 4.90 Å². The molecule has 2 nitrogen and oxygen atoms in total. The summed E-state index contributed by atoms with van der Waals surface area (Å²) in [6.07, 6.45) is -3.81. The van der Waals surface area contributed by atoms with Gasteiger partial charge in [-0.05, 0) is 26.8 Å². The predicted octanol–water partition coefficient (Wildman–Crippen LogP) is 2.01. The van der Waals surface area contributed by atoms with Crippen LogP contribution in [0.1, 0.15) is 26.2 Å². The third-order valence-corrected chi connectivity index (χ3v) is 3.11. The maximum atomic E-state index is 11.9. The number of hydrogen-bond acceptors (Lipinski definition) is 2. The fourth-order valence-electron chi connectivity index (χ4n) is 1.72. The second-order valence-electron chi connectivity index (χ2n) is 4.33. The van der Waals surface area contributed by atoms with Gasteiger partial charge in [-0.1, -0.05) is 0 Å². The van der Waals surface area contributed by atoms with Gasteiger partial charge in [-0.15, -0.1) is 0 Å². The average molecular weight is 224 g/mol. The number of halogens is 3. The van der Waals surface area contributed by atoms with E-state index in [9.17, 15) is 13.2 Å². The number of likely N-dealkylation sites (N-methyl/N-ethyl adjacent to an activating group) is 1. The molecule has 0 bridgehead atoms. The Bertz CT molecular complexity index is 190. The van der Waals surface area contributed by atoms with E-state index in [1.165, 1.54) is 0 Å². The Labute approximate surface area is 88.8 Å². The molecule has 1 fully saturated rings. The zero-order chi connectivity index (χ0) is 11.5. The maximum Gasteiger partial charge on any atom is 0.389 e. The largest absolute Gasteiger partial charge is 0.389 e. The molecule has 1 N–H and O–H groups in total. The first-order chi connectivity index (χ1) is 6.90. The van der Waals surface area contributed by atoms with Crippen LogP contribution in [0.25, 0.3) is 0 Å². The Hall–Kier alpha value is -0.290. The average Bonchev–Trinajstić information content (AvgIpc) is 1.98. The van der Waals surface area contributed by atoms with E-state index in [1.54, 1.807) is 0 Å². The monoisotopic (exact) mass is 224 g/mol. The number of hydrogen-bond donors (Lipinski definition) is 1. The fourth-order valence-corrected chi connectivity index (χ4v) is 1.72. The smallest absolute Gasteiger partial charge is 0.314 e. The third kappa shape index (κ3) is 4.38. The van der Waals surface area contributed by atoms with Crippen molar-refractivity contribution in [1.29, 1.82) is 0 Å². The first-order valence-electron chi connectivity index (χ1n) is 5.39. The van der Waals surface area contributed by atoms with Gasteiger partial charge in [0.1, 0.15) is 0 Å². The molecule has 15 heavy (non-hydrogen) atoms. The van der Waals surface area contributed by atoms with Crippen LogP contribution in [-0.2, 0) is 0 Å². The SMILES string of the molecule is CC(CCCC(F)(F)F)N(C)C1CNC1. The van der Waals surface area contributed by atoms with Crippen LogP contribution >= 0.6 is 0 Å². The molecule has 0 amide bonds. The van der Waals surface area contributed by atoms with Crippen LogP contribution in [0.2, 0.25) is 0 Å². The van der Waals surface area contributed by atoms with Gasteiger partial charge < -0.3 is 5.32 Å². The van der Waals surface area contributed by atoms with Crippen LogP contribution in [0.15, 0.2) is 0 Å². The molecule has 90 valence electrons. The van der Waals surface area contributed by atoms with Gasteiger partial charge in [0.05, 0.1) is 0 Å². The summed E-state index contributed by atoms with van der Waals surface area (Å²) in [6, 6.07) is 0.741. The Morgan fingerprint density at radius 2 is 2.00 bits per heavy atom. The Balaban J connectivity index is 2.14. The second kappa shape index (κ2) is 5.16. The Morgan fingerprint density at radius 1 is 1.40 bits per heavy atom. The van der Waals surface area contributed by atoms with Crippen LogP contribution in [0.5, 0.6) is 0 Å². The van der Waals surface area contributed by atoms with Gasteiger partial charge in [-0.25, -0.2) is 0 Å². The molecule has 0 aromatic rings. The van der Waals surface area contributed by atoms with E-state index < -0.39 is 12.6 Å². The van der Waals surface area contributed by atoms with Gasteiger partial charge in [0, 0.05) is 31.6 Å².